The summed E-state index contributed by atoms with van der Waals surface area (Å²) in [6.07, 6.45) is 9.13. The molecule has 0 bridgehead atoms. The highest BCUT2D eigenvalue weighted by molar-refractivity contribution is 5.94. The molecule has 0 spiro atoms. The molecule has 5 amide bonds. The van der Waals surface area contributed by atoms with Crippen molar-refractivity contribution in [2.24, 2.45) is 17.6 Å². The van der Waals surface area contributed by atoms with Crippen LogP contribution in [0.5, 0.6) is 0 Å². The molecule has 12 heteroatoms. The molecule has 12 nitrogen and oxygen atoms in total. The first-order chi connectivity index (χ1) is 20.5. The second-order valence-corrected chi connectivity index (χ2v) is 12.6. The lowest BCUT2D eigenvalue weighted by Gasteiger charge is -2.37. The van der Waals surface area contributed by atoms with Gasteiger partial charge >= 0.3 is 0 Å². The highest BCUT2D eigenvalue weighted by Crippen LogP contribution is 2.27. The first-order valence-corrected chi connectivity index (χ1v) is 16.3. The maximum Gasteiger partial charge on any atom is 0.243 e. The number of unbranched alkanes of at least 4 members (excludes halogenated alkanes) is 3. The van der Waals surface area contributed by atoms with Gasteiger partial charge in [-0.3, -0.25) is 28.9 Å². The predicted molar refractivity (Wildman–Crippen MR) is 166 cm³/mol. The number of nitrogens with two attached hydrogens (primary N) is 1. The molecule has 1 heterocycles. The number of nitrogens with one attached hydrogen (secondary N) is 3. The van der Waals surface area contributed by atoms with Crippen molar-refractivity contribution in [3.05, 3.63) is 0 Å². The summed E-state index contributed by atoms with van der Waals surface area (Å²) < 4.78 is 0. The monoisotopic (exact) mass is 607 g/mol. The van der Waals surface area contributed by atoms with Crippen LogP contribution in [0, 0.1) is 11.8 Å². The van der Waals surface area contributed by atoms with E-state index in [9.17, 15) is 24.0 Å². The average Bonchev–Trinajstić information content (AvgIpc) is 3.00. The lowest BCUT2D eigenvalue weighted by Crippen LogP contribution is -2.59. The van der Waals surface area contributed by atoms with E-state index in [2.05, 4.69) is 27.8 Å². The van der Waals surface area contributed by atoms with E-state index in [0.29, 0.717) is 19.5 Å². The Labute approximate surface area is 258 Å². The Hall–Kier alpha value is -2.73. The molecule has 5 N–H and O–H groups in total. The van der Waals surface area contributed by atoms with Gasteiger partial charge < -0.3 is 31.5 Å². The van der Waals surface area contributed by atoms with Crippen molar-refractivity contribution in [1.29, 1.82) is 0 Å². The van der Waals surface area contributed by atoms with Crippen molar-refractivity contribution in [2.45, 2.75) is 110 Å². The fraction of sp³-hybridized carbons (Fsp3) is 0.839. The summed E-state index contributed by atoms with van der Waals surface area (Å²) in [6, 6.07) is -2.13. The largest absolute Gasteiger partial charge is 0.345 e. The van der Waals surface area contributed by atoms with E-state index in [1.165, 1.54) is 9.80 Å². The van der Waals surface area contributed by atoms with Crippen molar-refractivity contribution in [3.8, 4) is 0 Å². The molecule has 43 heavy (non-hydrogen) atoms. The van der Waals surface area contributed by atoms with Gasteiger partial charge in [0.15, 0.2) is 0 Å². The average molecular weight is 608 g/mol. The van der Waals surface area contributed by atoms with Crippen LogP contribution >= 0.6 is 0 Å². The second kappa shape index (κ2) is 18.8. The molecular formula is C31H57N7O5. The topological polar surface area (TPSA) is 157 Å². The summed E-state index contributed by atoms with van der Waals surface area (Å²) in [6.45, 7) is 8.76. The summed E-state index contributed by atoms with van der Waals surface area (Å²) in [5, 5.41) is 8.22. The number of amides is 5. The highest BCUT2D eigenvalue weighted by atomic mass is 16.2. The molecule has 0 aromatic rings. The van der Waals surface area contributed by atoms with Crippen LogP contribution in [-0.2, 0) is 24.0 Å². The van der Waals surface area contributed by atoms with Crippen molar-refractivity contribution in [2.75, 3.05) is 46.4 Å². The third-order valence-electron chi connectivity index (χ3n) is 8.81. The number of rotatable bonds is 9. The molecule has 246 valence electrons. The van der Waals surface area contributed by atoms with E-state index in [1.807, 2.05) is 20.8 Å². The van der Waals surface area contributed by atoms with Crippen LogP contribution in [0.1, 0.15) is 91.9 Å². The molecule has 0 aromatic heterocycles. The number of hydrogen-bond acceptors (Lipinski definition) is 7. The Balaban J connectivity index is 2.42. The number of likely N-dealkylation sites (N-methyl/N-ethyl adjacent to an activating group) is 1. The van der Waals surface area contributed by atoms with Crippen molar-refractivity contribution in [3.63, 3.8) is 0 Å². The Morgan fingerprint density at radius 3 is 2.23 bits per heavy atom. The molecule has 1 aliphatic carbocycles. The Morgan fingerprint density at radius 1 is 0.907 bits per heavy atom. The van der Waals surface area contributed by atoms with Gasteiger partial charge in [-0.1, -0.05) is 59.3 Å². The van der Waals surface area contributed by atoms with Crippen LogP contribution in [0.3, 0.4) is 0 Å². The second-order valence-electron chi connectivity index (χ2n) is 12.6. The summed E-state index contributed by atoms with van der Waals surface area (Å²) in [7, 11) is 1.66. The van der Waals surface area contributed by atoms with Gasteiger partial charge in [-0.15, -0.1) is 0 Å². The van der Waals surface area contributed by atoms with Gasteiger partial charge in [-0.25, -0.2) is 0 Å². The van der Waals surface area contributed by atoms with Gasteiger partial charge in [0.1, 0.15) is 12.1 Å². The first-order valence-electron chi connectivity index (χ1n) is 16.3. The zero-order valence-corrected chi connectivity index (χ0v) is 27.2. The molecular weight excluding hydrogens is 550 g/mol. The van der Waals surface area contributed by atoms with E-state index in [0.717, 1.165) is 57.8 Å². The summed E-state index contributed by atoms with van der Waals surface area (Å²) in [5.74, 6) is -1.76. The maximum atomic E-state index is 13.9. The Kier molecular flexibility index (Phi) is 16.0. The van der Waals surface area contributed by atoms with Crippen LogP contribution in [0.2, 0.25) is 0 Å². The molecule has 1 aliphatic heterocycles. The zero-order chi connectivity index (χ0) is 31.9. The summed E-state index contributed by atoms with van der Waals surface area (Å²) in [4.78, 5) is 71.7. The van der Waals surface area contributed by atoms with Crippen LogP contribution in [0.4, 0.5) is 0 Å². The smallest absolute Gasteiger partial charge is 0.243 e. The number of nitrogens with zero attached hydrogens (tertiary/aromatic N) is 3. The van der Waals surface area contributed by atoms with Gasteiger partial charge in [0.05, 0.1) is 25.8 Å². The van der Waals surface area contributed by atoms with Crippen LogP contribution in [0.15, 0.2) is 0 Å². The van der Waals surface area contributed by atoms with E-state index in [1.54, 1.807) is 7.05 Å². The molecule has 3 unspecified atom stereocenters. The van der Waals surface area contributed by atoms with Gasteiger partial charge in [0.2, 0.25) is 29.5 Å². The number of carbonyl (C=O) groups is 5. The summed E-state index contributed by atoms with van der Waals surface area (Å²) >= 11 is 0. The van der Waals surface area contributed by atoms with Crippen LogP contribution in [-0.4, -0.2) is 109 Å². The van der Waals surface area contributed by atoms with E-state index in [4.69, 9.17) is 5.73 Å². The van der Waals surface area contributed by atoms with Gasteiger partial charge in [-0.2, -0.15) is 0 Å². The molecule has 2 aliphatic rings. The zero-order valence-electron chi connectivity index (χ0n) is 27.2. The third-order valence-corrected chi connectivity index (χ3v) is 8.81. The lowest BCUT2D eigenvalue weighted by atomic mass is 9.83. The van der Waals surface area contributed by atoms with Crippen LogP contribution < -0.4 is 21.7 Å². The fourth-order valence-electron chi connectivity index (χ4n) is 6.04. The number of carbonyl (C=O) groups excluding carboxylic acids is 5. The first kappa shape index (κ1) is 36.5. The van der Waals surface area contributed by atoms with Crippen molar-refractivity contribution >= 4 is 29.5 Å². The normalized spacial score (nSPS) is 25.3. The molecule has 0 radical (unpaired) electrons. The van der Waals surface area contributed by atoms with E-state index in [-0.39, 0.29) is 55.9 Å². The third kappa shape index (κ3) is 11.7. The molecule has 2 rings (SSSR count). The minimum atomic E-state index is -0.820. The quantitative estimate of drug-likeness (QED) is 0.287. The Morgan fingerprint density at radius 2 is 1.60 bits per heavy atom. The van der Waals surface area contributed by atoms with Gasteiger partial charge in [0.25, 0.3) is 0 Å². The fourth-order valence-corrected chi connectivity index (χ4v) is 6.04. The molecule has 0 aromatic carbocycles. The minimum Gasteiger partial charge on any atom is -0.345 e. The lowest BCUT2D eigenvalue weighted by molar-refractivity contribution is -0.144. The van der Waals surface area contributed by atoms with Crippen molar-refractivity contribution < 1.29 is 24.0 Å². The molecule has 3 atom stereocenters. The number of hydrogen-bond donors (Lipinski definition) is 4. The molecule has 1 saturated carbocycles. The van der Waals surface area contributed by atoms with E-state index < -0.39 is 29.9 Å². The molecule has 2 fully saturated rings. The standard InChI is InChI=1S/C31H57N7O5/c1-6-7-8-12-15-37-16-17-38(21-32)27(40)20-33-26(39)19-34-30(42)28(24-13-10-9-11-14-24)35-29(41)25(18-22(2)3)36(5)31(43)23(37)4/h22-25,28H,6-21,32H2,1-5H3,(H,33,39)(H,34,42)(H,35,41). The van der Waals surface area contributed by atoms with Crippen molar-refractivity contribution in [1.82, 2.24) is 30.7 Å². The summed E-state index contributed by atoms with van der Waals surface area (Å²) in [5.41, 5.74) is 5.90. The SMILES string of the molecule is CCCCCCN1CCN(CN)C(=O)CNC(=O)CNC(=O)C(C2CCCCC2)NC(=O)C(CC(C)C)N(C)C(=O)C1C. The minimum absolute atomic E-state index is 0.0307. The predicted octanol–water partition coefficient (Wildman–Crippen LogP) is 1.19. The highest BCUT2D eigenvalue weighted by Gasteiger charge is 2.37. The molecule has 1 saturated heterocycles. The van der Waals surface area contributed by atoms with Gasteiger partial charge in [-0.05, 0) is 51.0 Å². The van der Waals surface area contributed by atoms with Crippen LogP contribution in [0.25, 0.3) is 0 Å². The van der Waals surface area contributed by atoms with E-state index >= 15 is 0 Å². The maximum absolute atomic E-state index is 13.9. The van der Waals surface area contributed by atoms with Gasteiger partial charge in [0, 0.05) is 20.1 Å². The Bertz CT molecular complexity index is 924.